The van der Waals surface area contributed by atoms with E-state index in [4.69, 9.17) is 18.9 Å². The summed E-state index contributed by atoms with van der Waals surface area (Å²) in [4.78, 5) is 4.24. The van der Waals surface area contributed by atoms with Crippen molar-refractivity contribution in [2.75, 3.05) is 6.61 Å². The third kappa shape index (κ3) is 3.43. The molecule has 3 rings (SSSR count). The predicted molar refractivity (Wildman–Crippen MR) is 87.9 cm³/mol. The molecule has 0 bridgehead atoms. The molecule has 25 heavy (non-hydrogen) atoms. The SMILES string of the molecule is CCC1O[C@@H](O[C@@H]2C(CO)O[C@H]3OC(C)=NC3[C@H]2O)C(O)[C@@H](C)[C@@H]1C. The second-order valence-electron chi connectivity index (χ2n) is 7.23. The number of nitrogens with zero attached hydrogens (tertiary/aromatic N) is 1. The van der Waals surface area contributed by atoms with Crippen LogP contribution in [0.15, 0.2) is 4.99 Å². The first-order valence-electron chi connectivity index (χ1n) is 9.01. The highest BCUT2D eigenvalue weighted by atomic mass is 16.7. The minimum atomic E-state index is -1.03. The van der Waals surface area contributed by atoms with Crippen molar-refractivity contribution < 1.29 is 34.3 Å². The molecular weight excluding hydrogens is 330 g/mol. The van der Waals surface area contributed by atoms with Gasteiger partial charge in [0.15, 0.2) is 12.2 Å². The summed E-state index contributed by atoms with van der Waals surface area (Å²) in [6.45, 7) is 7.37. The molecule has 0 amide bonds. The van der Waals surface area contributed by atoms with Crippen LogP contribution in [0.25, 0.3) is 0 Å². The van der Waals surface area contributed by atoms with E-state index in [1.807, 2.05) is 20.8 Å². The van der Waals surface area contributed by atoms with Gasteiger partial charge in [0.25, 0.3) is 0 Å². The molecule has 0 radical (unpaired) electrons. The van der Waals surface area contributed by atoms with E-state index in [0.717, 1.165) is 6.42 Å². The topological polar surface area (TPSA) is 110 Å². The first kappa shape index (κ1) is 19.0. The van der Waals surface area contributed by atoms with Gasteiger partial charge < -0.3 is 34.3 Å². The van der Waals surface area contributed by atoms with Crippen molar-refractivity contribution in [1.29, 1.82) is 0 Å². The number of hydrogen-bond acceptors (Lipinski definition) is 8. The molecule has 10 atom stereocenters. The summed E-state index contributed by atoms with van der Waals surface area (Å²) < 4.78 is 22.9. The molecule has 3 N–H and O–H groups in total. The van der Waals surface area contributed by atoms with E-state index in [2.05, 4.69) is 4.99 Å². The lowest BCUT2D eigenvalue weighted by Crippen LogP contribution is -2.61. The van der Waals surface area contributed by atoms with Gasteiger partial charge in [-0.3, -0.25) is 0 Å². The molecule has 0 spiro atoms. The average molecular weight is 359 g/mol. The highest BCUT2D eigenvalue weighted by Crippen LogP contribution is 2.36. The van der Waals surface area contributed by atoms with E-state index < -0.39 is 43.0 Å². The zero-order valence-corrected chi connectivity index (χ0v) is 15.1. The van der Waals surface area contributed by atoms with Crippen LogP contribution in [-0.4, -0.2) is 77.0 Å². The molecule has 144 valence electrons. The van der Waals surface area contributed by atoms with Crippen LogP contribution < -0.4 is 0 Å². The highest BCUT2D eigenvalue weighted by molar-refractivity contribution is 5.75. The molecule has 3 aliphatic heterocycles. The Morgan fingerprint density at radius 2 is 1.80 bits per heavy atom. The zero-order chi connectivity index (χ0) is 18.3. The normalized spacial score (nSPS) is 50.1. The number of aliphatic hydroxyl groups excluding tert-OH is 3. The largest absolute Gasteiger partial charge is 0.450 e. The molecule has 4 unspecified atom stereocenters. The standard InChI is InChI=1S/C17H29NO7/c1-5-10-7(2)8(3)13(20)17(23-10)25-15-11(6-19)24-16-12(14(15)21)18-9(4)22-16/h7-8,10-17,19-21H,5-6H2,1-4H3/t7-,8-,10?,11?,12?,13?,14+,15+,16+,17-/m0/s1. The van der Waals surface area contributed by atoms with Gasteiger partial charge in [0.2, 0.25) is 6.29 Å². The van der Waals surface area contributed by atoms with Gasteiger partial charge >= 0.3 is 0 Å². The Hall–Kier alpha value is -0.770. The van der Waals surface area contributed by atoms with Crippen LogP contribution in [0.1, 0.15) is 34.1 Å². The predicted octanol–water partition coefficient (Wildman–Crippen LogP) is 0.0349. The van der Waals surface area contributed by atoms with Gasteiger partial charge in [0.1, 0.15) is 30.5 Å². The summed E-state index contributed by atoms with van der Waals surface area (Å²) in [7, 11) is 0. The van der Waals surface area contributed by atoms with E-state index in [0.29, 0.717) is 5.90 Å². The number of aliphatic imine (C=N–C) groups is 1. The quantitative estimate of drug-likeness (QED) is 0.650. The van der Waals surface area contributed by atoms with E-state index >= 15 is 0 Å². The molecule has 2 saturated heterocycles. The van der Waals surface area contributed by atoms with Crippen molar-refractivity contribution in [3.05, 3.63) is 0 Å². The maximum Gasteiger partial charge on any atom is 0.227 e. The summed E-state index contributed by atoms with van der Waals surface area (Å²) in [5, 5.41) is 30.9. The maximum atomic E-state index is 10.7. The van der Waals surface area contributed by atoms with Crippen LogP contribution in [0.4, 0.5) is 0 Å². The molecule has 0 aliphatic carbocycles. The molecular formula is C17H29NO7. The zero-order valence-electron chi connectivity index (χ0n) is 15.1. The lowest BCUT2D eigenvalue weighted by molar-refractivity contribution is -0.326. The summed E-state index contributed by atoms with van der Waals surface area (Å²) in [5.74, 6) is 0.607. The van der Waals surface area contributed by atoms with Crippen LogP contribution in [0.2, 0.25) is 0 Å². The van der Waals surface area contributed by atoms with Crippen molar-refractivity contribution in [2.45, 2.75) is 83.3 Å². The van der Waals surface area contributed by atoms with Crippen molar-refractivity contribution >= 4 is 5.90 Å². The van der Waals surface area contributed by atoms with E-state index in [1.54, 1.807) is 6.92 Å². The van der Waals surface area contributed by atoms with E-state index in [9.17, 15) is 15.3 Å². The van der Waals surface area contributed by atoms with Gasteiger partial charge in [-0.25, -0.2) is 4.99 Å². The Balaban J connectivity index is 1.75. The monoisotopic (exact) mass is 359 g/mol. The third-order valence-electron chi connectivity index (χ3n) is 5.67. The Bertz CT molecular complexity index is 499. The lowest BCUT2D eigenvalue weighted by atomic mass is 9.82. The van der Waals surface area contributed by atoms with Crippen LogP contribution >= 0.6 is 0 Å². The van der Waals surface area contributed by atoms with Crippen molar-refractivity contribution in [2.24, 2.45) is 16.8 Å². The fourth-order valence-electron chi connectivity index (χ4n) is 3.87. The van der Waals surface area contributed by atoms with Crippen LogP contribution in [0.3, 0.4) is 0 Å². The van der Waals surface area contributed by atoms with Gasteiger partial charge in [-0.2, -0.15) is 0 Å². The maximum absolute atomic E-state index is 10.7. The van der Waals surface area contributed by atoms with Gasteiger partial charge in [-0.1, -0.05) is 20.8 Å². The molecule has 3 heterocycles. The smallest absolute Gasteiger partial charge is 0.227 e. The second-order valence-corrected chi connectivity index (χ2v) is 7.23. The number of fused-ring (bicyclic) bond motifs is 1. The molecule has 2 fully saturated rings. The molecule has 0 aromatic rings. The van der Waals surface area contributed by atoms with Gasteiger partial charge in [0, 0.05) is 6.92 Å². The molecule has 3 aliphatic rings. The third-order valence-corrected chi connectivity index (χ3v) is 5.67. The number of aliphatic hydroxyl groups is 3. The van der Waals surface area contributed by atoms with Gasteiger partial charge in [-0.05, 0) is 18.3 Å². The lowest BCUT2D eigenvalue weighted by Gasteiger charge is -2.46. The molecule has 8 nitrogen and oxygen atoms in total. The molecule has 0 saturated carbocycles. The fraction of sp³-hybridized carbons (Fsp3) is 0.941. The van der Waals surface area contributed by atoms with Gasteiger partial charge in [0.05, 0.1) is 12.7 Å². The second kappa shape index (κ2) is 7.46. The van der Waals surface area contributed by atoms with Crippen LogP contribution in [-0.2, 0) is 18.9 Å². The van der Waals surface area contributed by atoms with E-state index in [1.165, 1.54) is 0 Å². The van der Waals surface area contributed by atoms with Crippen molar-refractivity contribution in [3.8, 4) is 0 Å². The Morgan fingerprint density at radius 3 is 2.44 bits per heavy atom. The highest BCUT2D eigenvalue weighted by Gasteiger charge is 2.52. The average Bonchev–Trinajstić information content (AvgIpc) is 2.97. The molecule has 8 heteroatoms. The fourth-order valence-corrected chi connectivity index (χ4v) is 3.87. The Morgan fingerprint density at radius 1 is 1.08 bits per heavy atom. The molecule has 0 aromatic heterocycles. The summed E-state index contributed by atoms with van der Waals surface area (Å²) in [6, 6.07) is -0.619. The summed E-state index contributed by atoms with van der Waals surface area (Å²) in [5.41, 5.74) is 0. The summed E-state index contributed by atoms with van der Waals surface area (Å²) >= 11 is 0. The summed E-state index contributed by atoms with van der Waals surface area (Å²) in [6.07, 6.45) is -4.38. The minimum Gasteiger partial charge on any atom is -0.450 e. The first-order chi connectivity index (χ1) is 11.9. The van der Waals surface area contributed by atoms with Crippen molar-refractivity contribution in [3.63, 3.8) is 0 Å². The Labute approximate surface area is 147 Å². The number of hydrogen-bond donors (Lipinski definition) is 3. The van der Waals surface area contributed by atoms with Crippen LogP contribution in [0.5, 0.6) is 0 Å². The van der Waals surface area contributed by atoms with E-state index in [-0.39, 0.29) is 24.5 Å². The van der Waals surface area contributed by atoms with Gasteiger partial charge in [-0.15, -0.1) is 0 Å². The number of rotatable bonds is 4. The molecule has 0 aromatic carbocycles. The van der Waals surface area contributed by atoms with Crippen LogP contribution in [0, 0.1) is 11.8 Å². The Kier molecular flexibility index (Phi) is 5.67. The number of ether oxygens (including phenoxy) is 4. The first-order valence-corrected chi connectivity index (χ1v) is 9.01. The minimum absolute atomic E-state index is 0.0132. The van der Waals surface area contributed by atoms with Crippen molar-refractivity contribution in [1.82, 2.24) is 0 Å².